The number of likely N-dealkylation sites (tertiary alicyclic amines) is 2. The Kier molecular flexibility index (Phi) is 6.59. The first-order chi connectivity index (χ1) is 20.4. The number of hydrogen-bond donors (Lipinski definition) is 0. The molecule has 9 heteroatoms. The van der Waals surface area contributed by atoms with Gasteiger partial charge in [0.15, 0.2) is 5.58 Å². The normalized spacial score (nSPS) is 22.1. The molecule has 3 fully saturated rings. The van der Waals surface area contributed by atoms with Crippen molar-refractivity contribution in [2.75, 3.05) is 58.3 Å². The van der Waals surface area contributed by atoms with E-state index in [1.165, 1.54) is 0 Å². The van der Waals surface area contributed by atoms with E-state index >= 15 is 0 Å². The van der Waals surface area contributed by atoms with Crippen molar-refractivity contribution < 1.29 is 18.3 Å². The molecule has 0 bridgehead atoms. The number of methoxy groups -OCH3 is 1. The van der Waals surface area contributed by atoms with Gasteiger partial charge in [0.05, 0.1) is 23.9 Å². The first-order valence-corrected chi connectivity index (χ1v) is 14.4. The fourth-order valence-electron chi connectivity index (χ4n) is 6.91. The minimum absolute atomic E-state index is 0.0261. The van der Waals surface area contributed by atoms with Crippen LogP contribution in [0.2, 0.25) is 0 Å². The number of carbonyl (C=O) groups is 1. The van der Waals surface area contributed by atoms with Gasteiger partial charge in [-0.3, -0.25) is 9.78 Å². The molecule has 0 saturated carbocycles. The number of rotatable bonds is 5. The number of benzene rings is 2. The molecule has 2 aromatic heterocycles. The number of carbonyl (C=O) groups excluding carboxylic acids is 1. The molecular weight excluding hydrogens is 533 g/mol. The van der Waals surface area contributed by atoms with Crippen molar-refractivity contribution >= 4 is 22.7 Å². The Morgan fingerprint density at radius 1 is 1.05 bits per heavy atom. The molecule has 3 atom stereocenters. The molecule has 4 aromatic rings. The summed E-state index contributed by atoms with van der Waals surface area (Å²) in [6.45, 7) is 4.56. The number of nitriles is 1. The zero-order chi connectivity index (χ0) is 29.0. The van der Waals surface area contributed by atoms with Crippen molar-refractivity contribution in [3.63, 3.8) is 0 Å². The van der Waals surface area contributed by atoms with Crippen LogP contribution in [0.1, 0.15) is 22.3 Å². The van der Waals surface area contributed by atoms with Crippen molar-refractivity contribution in [1.29, 1.82) is 5.26 Å². The topological polar surface area (TPSA) is 85.8 Å². The highest BCUT2D eigenvalue weighted by atomic mass is 19.1. The van der Waals surface area contributed by atoms with Gasteiger partial charge < -0.3 is 23.9 Å². The third-order valence-electron chi connectivity index (χ3n) is 8.98. The summed E-state index contributed by atoms with van der Waals surface area (Å²) in [6, 6.07) is 17.1. The summed E-state index contributed by atoms with van der Waals surface area (Å²) in [5, 5.41) is 9.87. The van der Waals surface area contributed by atoms with Crippen molar-refractivity contribution in [1.82, 2.24) is 14.8 Å². The summed E-state index contributed by atoms with van der Waals surface area (Å²) in [4.78, 5) is 24.1. The largest absolute Gasteiger partial charge is 0.496 e. The number of anilines is 1. The Labute approximate surface area is 243 Å². The lowest BCUT2D eigenvalue weighted by Crippen LogP contribution is -2.32. The lowest BCUT2D eigenvalue weighted by atomic mass is 10.0. The fourth-order valence-corrected chi connectivity index (χ4v) is 6.91. The molecule has 0 spiro atoms. The summed E-state index contributed by atoms with van der Waals surface area (Å²) in [7, 11) is 3.73. The molecule has 2 unspecified atom stereocenters. The summed E-state index contributed by atoms with van der Waals surface area (Å²) < 4.78 is 25.9. The molecule has 5 heterocycles. The number of nitrogens with zero attached hydrogens (tertiary/aromatic N) is 5. The van der Waals surface area contributed by atoms with Crippen LogP contribution in [0, 0.1) is 23.2 Å². The molecule has 0 aliphatic carbocycles. The van der Waals surface area contributed by atoms with Crippen molar-refractivity contribution in [2.24, 2.45) is 11.8 Å². The van der Waals surface area contributed by atoms with Crippen LogP contribution >= 0.6 is 0 Å². The van der Waals surface area contributed by atoms with Crippen molar-refractivity contribution in [2.45, 2.75) is 12.6 Å². The summed E-state index contributed by atoms with van der Waals surface area (Å²) in [5.41, 5.74) is 5.43. The molecule has 0 radical (unpaired) electrons. The van der Waals surface area contributed by atoms with E-state index in [-0.39, 0.29) is 5.91 Å². The number of amides is 1. The summed E-state index contributed by atoms with van der Waals surface area (Å²) in [6.07, 6.45) is 1.32. The van der Waals surface area contributed by atoms with Gasteiger partial charge in [-0.1, -0.05) is 6.07 Å². The van der Waals surface area contributed by atoms with Crippen LogP contribution in [0.15, 0.2) is 59.1 Å². The number of aromatic nitrogens is 1. The van der Waals surface area contributed by atoms with E-state index in [0.717, 1.165) is 48.6 Å². The molecule has 3 saturated heterocycles. The van der Waals surface area contributed by atoms with Crippen LogP contribution in [0.4, 0.5) is 10.1 Å². The second kappa shape index (κ2) is 10.4. The van der Waals surface area contributed by atoms with Gasteiger partial charge in [0.1, 0.15) is 29.3 Å². The Morgan fingerprint density at radius 3 is 2.57 bits per heavy atom. The summed E-state index contributed by atoms with van der Waals surface area (Å²) in [5.74, 6) is 2.23. The molecule has 214 valence electrons. The van der Waals surface area contributed by atoms with E-state index in [1.54, 1.807) is 19.4 Å². The molecule has 2 aromatic carbocycles. The van der Waals surface area contributed by atoms with Gasteiger partial charge in [-0.25, -0.2) is 4.39 Å². The second-order valence-electron chi connectivity index (χ2n) is 11.7. The predicted molar refractivity (Wildman–Crippen MR) is 158 cm³/mol. The molecule has 7 rings (SSSR count). The summed E-state index contributed by atoms with van der Waals surface area (Å²) >= 11 is 0. The van der Waals surface area contributed by atoms with Gasteiger partial charge in [-0.05, 0) is 67.3 Å². The van der Waals surface area contributed by atoms with Crippen LogP contribution in [0.3, 0.4) is 0 Å². The van der Waals surface area contributed by atoms with Gasteiger partial charge >= 0.3 is 0 Å². The SMILES string of the molecule is COc1cc(C(=O)N2CC3CN(C)CC3C2)ccc1-c1cc2nccc(-c3ccc(N4CC[C@@H](F)C4)c(C#N)c3)c2o1. The number of ether oxygens (including phenoxy) is 1. The zero-order valence-corrected chi connectivity index (χ0v) is 23.7. The Hall–Kier alpha value is -4.42. The molecule has 3 aliphatic rings. The van der Waals surface area contributed by atoms with E-state index in [4.69, 9.17) is 9.15 Å². The third-order valence-corrected chi connectivity index (χ3v) is 8.98. The van der Waals surface area contributed by atoms with Gasteiger partial charge in [-0.15, -0.1) is 0 Å². The maximum absolute atomic E-state index is 13.8. The second-order valence-corrected chi connectivity index (χ2v) is 11.7. The number of alkyl halides is 1. The van der Waals surface area contributed by atoms with Crippen LogP contribution in [0.25, 0.3) is 33.6 Å². The van der Waals surface area contributed by atoms with E-state index in [9.17, 15) is 14.4 Å². The Morgan fingerprint density at radius 2 is 1.86 bits per heavy atom. The quantitative estimate of drug-likeness (QED) is 0.328. The smallest absolute Gasteiger partial charge is 0.254 e. The number of halogens is 1. The average molecular weight is 566 g/mol. The first kappa shape index (κ1) is 26.5. The van der Waals surface area contributed by atoms with E-state index in [2.05, 4.69) is 23.0 Å². The molecule has 3 aliphatic heterocycles. The number of pyridine rings is 1. The minimum atomic E-state index is -0.871. The molecular formula is C33H32FN5O3. The van der Waals surface area contributed by atoms with E-state index < -0.39 is 6.17 Å². The third kappa shape index (κ3) is 4.56. The Balaban J connectivity index is 1.19. The lowest BCUT2D eigenvalue weighted by Gasteiger charge is -2.20. The fraction of sp³-hybridized carbons (Fsp3) is 0.364. The standard InChI is InChI=1S/C33H32FN5O3/c1-37-15-23-17-39(18-24(23)16-37)33(40)21-3-5-27(30(12-21)41-2)31-13-28-32(42-31)26(7-9-36-28)20-4-6-29(22(11-20)14-35)38-10-8-25(34)19-38/h3-7,9,11-13,23-25H,8,10,15-19H2,1-2H3/t23?,24?,25-/m1/s1. The van der Waals surface area contributed by atoms with E-state index in [1.807, 2.05) is 52.3 Å². The van der Waals surface area contributed by atoms with Gasteiger partial charge in [0.25, 0.3) is 5.91 Å². The zero-order valence-electron chi connectivity index (χ0n) is 23.7. The number of fused-ring (bicyclic) bond motifs is 2. The predicted octanol–water partition coefficient (Wildman–Crippen LogP) is 5.22. The first-order valence-electron chi connectivity index (χ1n) is 14.4. The average Bonchev–Trinajstić information content (AvgIpc) is 3.79. The van der Waals surface area contributed by atoms with Crippen LogP contribution in [-0.2, 0) is 0 Å². The Bertz CT molecular complexity index is 1710. The van der Waals surface area contributed by atoms with Crippen molar-refractivity contribution in [3.8, 4) is 34.3 Å². The number of hydrogen-bond acceptors (Lipinski definition) is 7. The highest BCUT2D eigenvalue weighted by Crippen LogP contribution is 2.39. The minimum Gasteiger partial charge on any atom is -0.496 e. The maximum Gasteiger partial charge on any atom is 0.254 e. The highest BCUT2D eigenvalue weighted by Gasteiger charge is 2.40. The van der Waals surface area contributed by atoms with Crippen LogP contribution < -0.4 is 9.64 Å². The molecule has 1 amide bonds. The van der Waals surface area contributed by atoms with Crippen LogP contribution in [-0.4, -0.2) is 80.3 Å². The van der Waals surface area contributed by atoms with Gasteiger partial charge in [0.2, 0.25) is 0 Å². The molecule has 8 nitrogen and oxygen atoms in total. The van der Waals surface area contributed by atoms with Gasteiger partial charge in [-0.2, -0.15) is 5.26 Å². The van der Waals surface area contributed by atoms with Crippen molar-refractivity contribution in [3.05, 3.63) is 65.9 Å². The molecule has 0 N–H and O–H groups in total. The maximum atomic E-state index is 13.8. The van der Waals surface area contributed by atoms with Gasteiger partial charge in [0, 0.05) is 62.7 Å². The lowest BCUT2D eigenvalue weighted by molar-refractivity contribution is 0.0775. The molecule has 42 heavy (non-hydrogen) atoms. The van der Waals surface area contributed by atoms with Crippen LogP contribution in [0.5, 0.6) is 5.75 Å². The monoisotopic (exact) mass is 565 g/mol. The number of furan rings is 1. The van der Waals surface area contributed by atoms with E-state index in [0.29, 0.717) is 65.1 Å². The highest BCUT2D eigenvalue weighted by molar-refractivity contribution is 5.97.